The summed E-state index contributed by atoms with van der Waals surface area (Å²) in [5.74, 6) is 4.48. The number of aliphatic hydroxyl groups excluding tert-OH is 1. The number of piperazine rings is 1. The molecule has 0 radical (unpaired) electrons. The van der Waals surface area contributed by atoms with Gasteiger partial charge < -0.3 is 14.9 Å². The highest BCUT2D eigenvalue weighted by molar-refractivity contribution is 7.99. The molecule has 2 saturated heterocycles. The fourth-order valence-corrected chi connectivity index (χ4v) is 3.87. The SMILES string of the molecule is OCCCN1CCN(c2cc(N3CCSCC3)ncn2)CC1. The van der Waals surface area contributed by atoms with E-state index in [0.29, 0.717) is 0 Å². The first-order valence-corrected chi connectivity index (χ1v) is 9.25. The van der Waals surface area contributed by atoms with Crippen molar-refractivity contribution in [1.29, 1.82) is 0 Å². The quantitative estimate of drug-likeness (QED) is 0.848. The summed E-state index contributed by atoms with van der Waals surface area (Å²) in [5.41, 5.74) is 0. The highest BCUT2D eigenvalue weighted by Gasteiger charge is 2.19. The Bertz CT molecular complexity index is 461. The van der Waals surface area contributed by atoms with E-state index in [0.717, 1.165) is 63.9 Å². The molecule has 7 heteroatoms. The van der Waals surface area contributed by atoms with Crippen LogP contribution in [-0.2, 0) is 0 Å². The Kier molecular flexibility index (Phi) is 5.75. The third kappa shape index (κ3) is 4.02. The molecule has 6 nitrogen and oxygen atoms in total. The lowest BCUT2D eigenvalue weighted by atomic mass is 10.3. The fourth-order valence-electron chi connectivity index (χ4n) is 2.97. The van der Waals surface area contributed by atoms with Gasteiger partial charge in [-0.1, -0.05) is 0 Å². The topological polar surface area (TPSA) is 55.7 Å². The fraction of sp³-hybridized carbons (Fsp3) is 0.733. The van der Waals surface area contributed by atoms with Crippen molar-refractivity contribution < 1.29 is 5.11 Å². The summed E-state index contributed by atoms with van der Waals surface area (Å²) in [6.45, 7) is 7.51. The van der Waals surface area contributed by atoms with Crippen LogP contribution in [0.3, 0.4) is 0 Å². The van der Waals surface area contributed by atoms with Crippen LogP contribution in [0.4, 0.5) is 11.6 Å². The van der Waals surface area contributed by atoms with Crippen molar-refractivity contribution in [2.24, 2.45) is 0 Å². The monoisotopic (exact) mass is 323 g/mol. The minimum absolute atomic E-state index is 0.281. The summed E-state index contributed by atoms with van der Waals surface area (Å²) in [7, 11) is 0. The maximum Gasteiger partial charge on any atom is 0.134 e. The molecule has 1 N–H and O–H groups in total. The van der Waals surface area contributed by atoms with E-state index < -0.39 is 0 Å². The van der Waals surface area contributed by atoms with Crippen LogP contribution in [0.5, 0.6) is 0 Å². The number of nitrogens with zero attached hydrogens (tertiary/aromatic N) is 5. The largest absolute Gasteiger partial charge is 0.396 e. The highest BCUT2D eigenvalue weighted by Crippen LogP contribution is 2.21. The summed E-state index contributed by atoms with van der Waals surface area (Å²) in [5, 5.41) is 8.92. The van der Waals surface area contributed by atoms with Gasteiger partial charge >= 0.3 is 0 Å². The third-order valence-corrected chi connectivity index (χ3v) is 5.24. The van der Waals surface area contributed by atoms with Gasteiger partial charge in [-0.15, -0.1) is 0 Å². The predicted molar refractivity (Wildman–Crippen MR) is 91.9 cm³/mol. The van der Waals surface area contributed by atoms with E-state index >= 15 is 0 Å². The average Bonchev–Trinajstić information content (AvgIpc) is 2.61. The molecule has 0 aromatic carbocycles. The van der Waals surface area contributed by atoms with E-state index in [-0.39, 0.29) is 6.61 Å². The molecule has 0 atom stereocenters. The van der Waals surface area contributed by atoms with E-state index in [1.165, 1.54) is 11.5 Å². The molecule has 3 rings (SSSR count). The lowest BCUT2D eigenvalue weighted by Gasteiger charge is -2.35. The Labute approximate surface area is 136 Å². The number of anilines is 2. The van der Waals surface area contributed by atoms with Crippen molar-refractivity contribution in [3.8, 4) is 0 Å². The van der Waals surface area contributed by atoms with Gasteiger partial charge in [0.25, 0.3) is 0 Å². The molecular formula is C15H25N5OS. The first-order chi connectivity index (χ1) is 10.9. The van der Waals surface area contributed by atoms with Gasteiger partial charge in [0.05, 0.1) is 0 Å². The molecule has 3 heterocycles. The minimum Gasteiger partial charge on any atom is -0.396 e. The molecule has 0 saturated carbocycles. The summed E-state index contributed by atoms with van der Waals surface area (Å²) in [6.07, 6.45) is 2.56. The molecule has 2 aliphatic rings. The van der Waals surface area contributed by atoms with E-state index in [1.54, 1.807) is 6.33 Å². The Hall–Kier alpha value is -1.05. The highest BCUT2D eigenvalue weighted by atomic mass is 32.2. The van der Waals surface area contributed by atoms with Gasteiger partial charge in [-0.25, -0.2) is 9.97 Å². The van der Waals surface area contributed by atoms with Crippen molar-refractivity contribution in [3.05, 3.63) is 12.4 Å². The van der Waals surface area contributed by atoms with Gasteiger partial charge in [0.1, 0.15) is 18.0 Å². The number of aliphatic hydroxyl groups is 1. The van der Waals surface area contributed by atoms with Crippen LogP contribution in [0.2, 0.25) is 0 Å². The Morgan fingerprint density at radius 2 is 1.59 bits per heavy atom. The standard InChI is InChI=1S/C15H25N5OS/c21-9-1-2-18-3-5-19(6-4-18)14-12-15(17-13-16-14)20-7-10-22-11-8-20/h12-13,21H,1-11H2. The average molecular weight is 323 g/mol. The molecule has 1 aromatic rings. The molecule has 122 valence electrons. The number of aromatic nitrogens is 2. The van der Waals surface area contributed by atoms with E-state index in [2.05, 4.69) is 30.7 Å². The Morgan fingerprint density at radius 1 is 0.955 bits per heavy atom. The molecule has 1 aromatic heterocycles. The molecule has 0 spiro atoms. The lowest BCUT2D eigenvalue weighted by molar-refractivity contribution is 0.215. The van der Waals surface area contributed by atoms with Gasteiger partial charge in [-0.05, 0) is 6.42 Å². The van der Waals surface area contributed by atoms with Crippen LogP contribution in [0, 0.1) is 0 Å². The minimum atomic E-state index is 0.281. The summed E-state index contributed by atoms with van der Waals surface area (Å²) < 4.78 is 0. The van der Waals surface area contributed by atoms with Gasteiger partial charge in [0.2, 0.25) is 0 Å². The van der Waals surface area contributed by atoms with Crippen LogP contribution in [0.25, 0.3) is 0 Å². The second-order valence-electron chi connectivity index (χ2n) is 5.74. The first-order valence-electron chi connectivity index (χ1n) is 8.10. The first kappa shape index (κ1) is 15.8. The van der Waals surface area contributed by atoms with Crippen molar-refractivity contribution in [3.63, 3.8) is 0 Å². The molecule has 0 aliphatic carbocycles. The van der Waals surface area contributed by atoms with Crippen LogP contribution >= 0.6 is 11.8 Å². The second kappa shape index (κ2) is 7.99. The Morgan fingerprint density at radius 3 is 2.23 bits per heavy atom. The van der Waals surface area contributed by atoms with E-state index in [4.69, 9.17) is 5.11 Å². The zero-order valence-corrected chi connectivity index (χ0v) is 13.8. The molecule has 0 unspecified atom stereocenters. The normalized spacial score (nSPS) is 20.4. The van der Waals surface area contributed by atoms with Gasteiger partial charge in [0.15, 0.2) is 0 Å². The molecule has 0 amide bonds. The summed E-state index contributed by atoms with van der Waals surface area (Å²) in [6, 6.07) is 2.14. The van der Waals surface area contributed by atoms with Crippen molar-refractivity contribution >= 4 is 23.4 Å². The summed E-state index contributed by atoms with van der Waals surface area (Å²) in [4.78, 5) is 16.0. The van der Waals surface area contributed by atoms with Gasteiger partial charge in [-0.3, -0.25) is 4.90 Å². The Balaban J connectivity index is 1.58. The summed E-state index contributed by atoms with van der Waals surface area (Å²) >= 11 is 2.01. The van der Waals surface area contributed by atoms with Crippen LogP contribution in [0.1, 0.15) is 6.42 Å². The van der Waals surface area contributed by atoms with Crippen molar-refractivity contribution in [2.45, 2.75) is 6.42 Å². The van der Waals surface area contributed by atoms with Gasteiger partial charge in [-0.2, -0.15) is 11.8 Å². The lowest BCUT2D eigenvalue weighted by Crippen LogP contribution is -2.47. The second-order valence-corrected chi connectivity index (χ2v) is 6.96. The zero-order chi connectivity index (χ0) is 15.2. The van der Waals surface area contributed by atoms with Gasteiger partial charge in [0, 0.05) is 70.0 Å². The van der Waals surface area contributed by atoms with E-state index in [9.17, 15) is 0 Å². The number of rotatable bonds is 5. The zero-order valence-electron chi connectivity index (χ0n) is 13.0. The molecule has 2 fully saturated rings. The number of hydrogen-bond donors (Lipinski definition) is 1. The number of thioether (sulfide) groups is 1. The molecule has 22 heavy (non-hydrogen) atoms. The van der Waals surface area contributed by atoms with Crippen molar-refractivity contribution in [2.75, 3.05) is 73.7 Å². The smallest absolute Gasteiger partial charge is 0.134 e. The van der Waals surface area contributed by atoms with Crippen molar-refractivity contribution in [1.82, 2.24) is 14.9 Å². The maximum absolute atomic E-state index is 8.92. The van der Waals surface area contributed by atoms with Crippen LogP contribution in [0.15, 0.2) is 12.4 Å². The molecular weight excluding hydrogens is 298 g/mol. The predicted octanol–water partition coefficient (Wildman–Crippen LogP) is 0.534. The number of hydrogen-bond acceptors (Lipinski definition) is 7. The van der Waals surface area contributed by atoms with Crippen LogP contribution in [-0.4, -0.2) is 83.9 Å². The third-order valence-electron chi connectivity index (χ3n) is 4.30. The molecule has 0 bridgehead atoms. The maximum atomic E-state index is 8.92. The van der Waals surface area contributed by atoms with E-state index in [1.807, 2.05) is 11.8 Å². The molecule has 2 aliphatic heterocycles. The van der Waals surface area contributed by atoms with Crippen LogP contribution < -0.4 is 9.80 Å².